The lowest BCUT2D eigenvalue weighted by molar-refractivity contribution is -0.386. The van der Waals surface area contributed by atoms with Crippen molar-refractivity contribution in [2.75, 3.05) is 5.43 Å². The number of phenolic OH excluding ortho intramolecular Hbond substituents is 1. The van der Waals surface area contributed by atoms with Gasteiger partial charge in [0.1, 0.15) is 0 Å². The Hall–Kier alpha value is -2.60. The molecular formula is C14H12ClN3O3. The molecule has 6 nitrogen and oxygen atoms in total. The van der Waals surface area contributed by atoms with Gasteiger partial charge in [0.25, 0.3) is 0 Å². The van der Waals surface area contributed by atoms with E-state index in [0.29, 0.717) is 0 Å². The fourth-order valence-electron chi connectivity index (χ4n) is 1.75. The van der Waals surface area contributed by atoms with Crippen molar-refractivity contribution in [3.05, 3.63) is 62.7 Å². The summed E-state index contributed by atoms with van der Waals surface area (Å²) >= 11 is 5.93. The quantitative estimate of drug-likeness (QED) is 0.512. The maximum atomic E-state index is 11.0. The summed E-state index contributed by atoms with van der Waals surface area (Å²) in [6.45, 7) is 1.48. The smallest absolute Gasteiger partial charge is 0.315 e. The molecule has 0 aliphatic rings. The van der Waals surface area contributed by atoms with Crippen LogP contribution in [0, 0.1) is 17.0 Å². The monoisotopic (exact) mass is 305 g/mol. The van der Waals surface area contributed by atoms with Crippen LogP contribution in [-0.2, 0) is 0 Å². The van der Waals surface area contributed by atoms with E-state index in [1.165, 1.54) is 19.2 Å². The molecule has 0 radical (unpaired) electrons. The van der Waals surface area contributed by atoms with Gasteiger partial charge >= 0.3 is 5.69 Å². The Morgan fingerprint density at radius 2 is 2.05 bits per heavy atom. The number of nitrogens with zero attached hydrogens (tertiary/aromatic N) is 2. The van der Waals surface area contributed by atoms with E-state index < -0.39 is 16.4 Å². The van der Waals surface area contributed by atoms with Gasteiger partial charge in [0.2, 0.25) is 5.75 Å². The van der Waals surface area contributed by atoms with E-state index in [1.807, 2.05) is 30.3 Å². The van der Waals surface area contributed by atoms with Crippen molar-refractivity contribution in [2.24, 2.45) is 5.10 Å². The van der Waals surface area contributed by atoms with Crippen molar-refractivity contribution in [3.8, 4) is 5.75 Å². The van der Waals surface area contributed by atoms with Crippen molar-refractivity contribution in [1.29, 1.82) is 0 Å². The molecule has 2 aromatic rings. The van der Waals surface area contributed by atoms with E-state index in [-0.39, 0.29) is 16.1 Å². The molecule has 0 aliphatic carbocycles. The lowest BCUT2D eigenvalue weighted by Gasteiger charge is -2.05. The number of anilines is 1. The van der Waals surface area contributed by atoms with E-state index >= 15 is 0 Å². The van der Waals surface area contributed by atoms with Crippen molar-refractivity contribution in [2.45, 2.75) is 6.92 Å². The molecule has 21 heavy (non-hydrogen) atoms. The molecule has 0 amide bonds. The Labute approximate surface area is 125 Å². The molecule has 0 heterocycles. The number of nitro benzene ring substituents is 1. The third-order valence-electron chi connectivity index (χ3n) is 2.85. The average molecular weight is 306 g/mol. The summed E-state index contributed by atoms with van der Waals surface area (Å²) in [5.41, 5.74) is 3.47. The zero-order valence-corrected chi connectivity index (χ0v) is 11.8. The summed E-state index contributed by atoms with van der Waals surface area (Å²) < 4.78 is 0. The number of nitrogens with one attached hydrogen (secondary N) is 1. The lowest BCUT2D eigenvalue weighted by atomic mass is 10.1. The van der Waals surface area contributed by atoms with E-state index in [1.54, 1.807) is 0 Å². The predicted octanol–water partition coefficient (Wildman–Crippen LogP) is 3.71. The first kappa shape index (κ1) is 14.8. The number of phenols is 1. The number of hydrogen-bond acceptors (Lipinski definition) is 5. The minimum atomic E-state index is -0.668. The Morgan fingerprint density at radius 3 is 2.67 bits per heavy atom. The summed E-state index contributed by atoms with van der Waals surface area (Å²) in [4.78, 5) is 10.3. The Kier molecular flexibility index (Phi) is 4.39. The van der Waals surface area contributed by atoms with Crippen LogP contribution in [-0.4, -0.2) is 16.2 Å². The highest BCUT2D eigenvalue weighted by atomic mass is 35.5. The molecule has 0 bridgehead atoms. The SMILES string of the molecule is Cc1c(Cl)cc(C=NNc2ccccc2)c(O)c1[N+](=O)[O-]. The summed E-state index contributed by atoms with van der Waals surface area (Å²) in [5.74, 6) is -0.458. The van der Waals surface area contributed by atoms with Gasteiger partial charge in [-0.15, -0.1) is 0 Å². The van der Waals surface area contributed by atoms with Gasteiger partial charge in [-0.3, -0.25) is 15.5 Å². The number of aromatic hydroxyl groups is 1. The minimum Gasteiger partial charge on any atom is -0.502 e. The third kappa shape index (κ3) is 3.29. The predicted molar refractivity (Wildman–Crippen MR) is 82.2 cm³/mol. The van der Waals surface area contributed by atoms with Crippen LogP contribution >= 0.6 is 11.6 Å². The summed E-state index contributed by atoms with van der Waals surface area (Å²) in [6.07, 6.45) is 1.28. The Morgan fingerprint density at radius 1 is 1.38 bits per heavy atom. The molecule has 0 fully saturated rings. The Balaban J connectivity index is 2.30. The van der Waals surface area contributed by atoms with Crippen LogP contribution in [0.3, 0.4) is 0 Å². The van der Waals surface area contributed by atoms with E-state index in [4.69, 9.17) is 11.6 Å². The molecule has 2 aromatic carbocycles. The van der Waals surface area contributed by atoms with Gasteiger partial charge in [0.05, 0.1) is 21.8 Å². The van der Waals surface area contributed by atoms with E-state index in [2.05, 4.69) is 10.5 Å². The van der Waals surface area contributed by atoms with Gasteiger partial charge in [-0.05, 0) is 25.1 Å². The largest absolute Gasteiger partial charge is 0.502 e. The van der Waals surface area contributed by atoms with Crippen LogP contribution in [0.1, 0.15) is 11.1 Å². The van der Waals surface area contributed by atoms with Crippen LogP contribution in [0.4, 0.5) is 11.4 Å². The molecule has 0 spiro atoms. The summed E-state index contributed by atoms with van der Waals surface area (Å²) in [6, 6.07) is 10.6. The maximum absolute atomic E-state index is 11.0. The second-order valence-corrected chi connectivity index (χ2v) is 4.67. The number of rotatable bonds is 4. The normalized spacial score (nSPS) is 10.8. The molecule has 0 saturated heterocycles. The van der Waals surface area contributed by atoms with Gasteiger partial charge in [0.15, 0.2) is 0 Å². The molecule has 0 aromatic heterocycles. The zero-order valence-electron chi connectivity index (χ0n) is 11.1. The molecule has 0 atom stereocenters. The van der Waals surface area contributed by atoms with Crippen LogP contribution < -0.4 is 5.43 Å². The van der Waals surface area contributed by atoms with Gasteiger partial charge in [-0.1, -0.05) is 29.8 Å². The highest BCUT2D eigenvalue weighted by Gasteiger charge is 2.22. The number of hydrogen-bond donors (Lipinski definition) is 2. The third-order valence-corrected chi connectivity index (χ3v) is 3.24. The second-order valence-electron chi connectivity index (χ2n) is 4.26. The number of benzene rings is 2. The molecule has 0 saturated carbocycles. The van der Waals surface area contributed by atoms with Gasteiger partial charge < -0.3 is 5.11 Å². The van der Waals surface area contributed by atoms with E-state index in [9.17, 15) is 15.2 Å². The highest BCUT2D eigenvalue weighted by molar-refractivity contribution is 6.32. The zero-order chi connectivity index (χ0) is 15.4. The topological polar surface area (TPSA) is 87.8 Å². The van der Waals surface area contributed by atoms with E-state index in [0.717, 1.165) is 5.69 Å². The van der Waals surface area contributed by atoms with Crippen LogP contribution in [0.25, 0.3) is 0 Å². The molecule has 0 unspecified atom stereocenters. The Bertz CT molecular complexity index is 702. The first-order valence-corrected chi connectivity index (χ1v) is 6.39. The maximum Gasteiger partial charge on any atom is 0.315 e. The minimum absolute atomic E-state index is 0.167. The molecule has 108 valence electrons. The first-order chi connectivity index (χ1) is 10.0. The van der Waals surface area contributed by atoms with Gasteiger partial charge in [-0.25, -0.2) is 0 Å². The molecule has 0 aliphatic heterocycles. The number of halogens is 1. The fraction of sp³-hybridized carbons (Fsp3) is 0.0714. The first-order valence-electron chi connectivity index (χ1n) is 6.01. The fourth-order valence-corrected chi connectivity index (χ4v) is 1.96. The molecule has 7 heteroatoms. The van der Waals surface area contributed by atoms with Crippen molar-refractivity contribution < 1.29 is 10.0 Å². The lowest BCUT2D eigenvalue weighted by Crippen LogP contribution is -1.97. The molecule has 2 N–H and O–H groups in total. The number of hydrazone groups is 1. The van der Waals surface area contributed by atoms with Crippen molar-refractivity contribution in [1.82, 2.24) is 0 Å². The van der Waals surface area contributed by atoms with Crippen molar-refractivity contribution >= 4 is 29.2 Å². The molecular weight excluding hydrogens is 294 g/mol. The number of para-hydroxylation sites is 1. The van der Waals surface area contributed by atoms with Crippen LogP contribution in [0.2, 0.25) is 5.02 Å². The highest BCUT2D eigenvalue weighted by Crippen LogP contribution is 2.36. The second kappa shape index (κ2) is 6.23. The summed E-state index contributed by atoms with van der Waals surface area (Å²) in [5, 5.41) is 25.0. The van der Waals surface area contributed by atoms with Gasteiger partial charge in [0, 0.05) is 11.1 Å². The van der Waals surface area contributed by atoms with Crippen LogP contribution in [0.15, 0.2) is 41.5 Å². The van der Waals surface area contributed by atoms with Gasteiger partial charge in [-0.2, -0.15) is 5.10 Å². The standard InChI is InChI=1S/C14H12ClN3O3/c1-9-12(15)7-10(14(19)13(9)18(20)21)8-16-17-11-5-3-2-4-6-11/h2-8,17,19H,1H3. The summed E-state index contributed by atoms with van der Waals surface area (Å²) in [7, 11) is 0. The number of nitro groups is 1. The van der Waals surface area contributed by atoms with Crippen molar-refractivity contribution in [3.63, 3.8) is 0 Å². The molecule has 2 rings (SSSR count). The van der Waals surface area contributed by atoms with Crippen LogP contribution in [0.5, 0.6) is 5.75 Å². The average Bonchev–Trinajstić information content (AvgIpc) is 2.45.